The Kier molecular flexibility index (Phi) is 2.36. The number of hydrogen-bond donors (Lipinski definition) is 1. The van der Waals surface area contributed by atoms with Crippen molar-refractivity contribution in [2.45, 2.75) is 6.92 Å². The second kappa shape index (κ2) is 3.74. The van der Waals surface area contributed by atoms with E-state index in [1.54, 1.807) is 11.3 Å². The Hall–Kier alpha value is -1.09. The molecule has 0 atom stereocenters. The fourth-order valence-electron chi connectivity index (χ4n) is 1.61. The van der Waals surface area contributed by atoms with Crippen molar-refractivity contribution in [2.75, 3.05) is 5.73 Å². The van der Waals surface area contributed by atoms with Gasteiger partial charge in [0, 0.05) is 0 Å². The summed E-state index contributed by atoms with van der Waals surface area (Å²) in [5.74, 6) is 0. The van der Waals surface area contributed by atoms with Crippen molar-refractivity contribution in [1.82, 2.24) is 4.98 Å². The molecule has 0 saturated heterocycles. The Morgan fingerprint density at radius 3 is 2.69 bits per heavy atom. The topological polar surface area (TPSA) is 38.9 Å². The van der Waals surface area contributed by atoms with Gasteiger partial charge >= 0.3 is 104 Å². The van der Waals surface area contributed by atoms with Crippen molar-refractivity contribution in [3.63, 3.8) is 0 Å². The van der Waals surface area contributed by atoms with Crippen molar-refractivity contribution in [3.05, 3.63) is 35.9 Å². The van der Waals surface area contributed by atoms with E-state index in [0.717, 1.165) is 5.52 Å². The van der Waals surface area contributed by atoms with E-state index < -0.39 is 0 Å². The number of hydrogen-bond acceptors (Lipinski definition) is 3. The molecule has 80 valence electrons. The van der Waals surface area contributed by atoms with Crippen molar-refractivity contribution >= 4 is 40.1 Å². The van der Waals surface area contributed by atoms with Gasteiger partial charge in [0.15, 0.2) is 0 Å². The van der Waals surface area contributed by atoms with Crippen LogP contribution in [0, 0.1) is 6.92 Å². The molecule has 3 rings (SSSR count). The molecule has 0 fully saturated rings. The van der Waals surface area contributed by atoms with E-state index in [1.807, 2.05) is 0 Å². The molecule has 0 radical (unpaired) electrons. The van der Waals surface area contributed by atoms with E-state index in [-0.39, 0.29) is 0 Å². The average Bonchev–Trinajstić information content (AvgIpc) is 2.75. The standard InChI is InChI=1S/C12H10N2SSe/c1-7-2-4-8(5-3-7)10-6-9-11(16-10)15-12(13)14-9/h2-6H,1H3,(H2,13,14). The van der Waals surface area contributed by atoms with E-state index in [2.05, 4.69) is 42.2 Å². The van der Waals surface area contributed by atoms with E-state index >= 15 is 0 Å². The number of benzene rings is 1. The third-order valence-corrected chi connectivity index (χ3v) is 6.13. The number of anilines is 1. The third-order valence-electron chi connectivity index (χ3n) is 2.44. The molecule has 4 heteroatoms. The first kappa shape index (κ1) is 10.1. The van der Waals surface area contributed by atoms with Gasteiger partial charge in [-0.2, -0.15) is 0 Å². The SMILES string of the molecule is Cc1ccc(-c2cc3nc(N)sc3[se]2)cc1. The second-order valence-corrected chi connectivity index (χ2v) is 7.52. The summed E-state index contributed by atoms with van der Waals surface area (Å²) in [5.41, 5.74) is 9.37. The zero-order valence-electron chi connectivity index (χ0n) is 8.73. The number of nitrogen functional groups attached to an aromatic ring is 1. The van der Waals surface area contributed by atoms with Crippen molar-refractivity contribution in [3.8, 4) is 10.0 Å². The first-order valence-corrected chi connectivity index (χ1v) is 7.48. The molecule has 0 spiro atoms. The fourth-order valence-corrected chi connectivity index (χ4v) is 5.21. The molecule has 2 heterocycles. The van der Waals surface area contributed by atoms with Crippen LogP contribution in [-0.4, -0.2) is 19.5 Å². The van der Waals surface area contributed by atoms with Crippen LogP contribution in [0.15, 0.2) is 30.3 Å². The summed E-state index contributed by atoms with van der Waals surface area (Å²) in [4.78, 5) is 4.32. The van der Waals surface area contributed by atoms with Gasteiger partial charge in [-0.25, -0.2) is 0 Å². The Bertz CT molecular complexity index is 605. The number of aryl methyl sites for hydroxylation is 1. The molecule has 16 heavy (non-hydrogen) atoms. The molecule has 1 aromatic carbocycles. The maximum atomic E-state index is 5.68. The minimum atomic E-state index is 0.375. The molecule has 0 aliphatic heterocycles. The maximum absolute atomic E-state index is 5.68. The summed E-state index contributed by atoms with van der Waals surface area (Å²) < 4.78 is 2.75. The number of aromatic nitrogens is 1. The number of thiazole rings is 1. The quantitative estimate of drug-likeness (QED) is 0.701. The number of rotatable bonds is 1. The first-order chi connectivity index (χ1) is 7.72. The molecule has 0 amide bonds. The Morgan fingerprint density at radius 2 is 2.00 bits per heavy atom. The van der Waals surface area contributed by atoms with Crippen molar-refractivity contribution < 1.29 is 0 Å². The van der Waals surface area contributed by atoms with Gasteiger partial charge in [-0.3, -0.25) is 0 Å². The molecule has 2 nitrogen and oxygen atoms in total. The van der Waals surface area contributed by atoms with Crippen LogP contribution >= 0.6 is 11.3 Å². The van der Waals surface area contributed by atoms with Gasteiger partial charge in [-0.1, -0.05) is 0 Å². The van der Waals surface area contributed by atoms with Gasteiger partial charge < -0.3 is 0 Å². The van der Waals surface area contributed by atoms with Crippen molar-refractivity contribution in [2.24, 2.45) is 0 Å². The molecule has 0 aliphatic carbocycles. The molecular formula is C12H10N2SSe. The predicted molar refractivity (Wildman–Crippen MR) is 71.1 cm³/mol. The summed E-state index contributed by atoms with van der Waals surface area (Å²) in [7, 11) is 0. The summed E-state index contributed by atoms with van der Waals surface area (Å²) >= 11 is 2.00. The van der Waals surface area contributed by atoms with Crippen LogP contribution in [0.1, 0.15) is 5.56 Å². The molecule has 0 unspecified atom stereocenters. The Labute approximate surface area is 103 Å². The van der Waals surface area contributed by atoms with Crippen LogP contribution in [0.25, 0.3) is 19.1 Å². The fraction of sp³-hybridized carbons (Fsp3) is 0.0833. The summed E-state index contributed by atoms with van der Waals surface area (Å²) in [6.07, 6.45) is 0. The molecule has 2 aromatic heterocycles. The number of nitrogens with two attached hydrogens (primary N) is 1. The van der Waals surface area contributed by atoms with Crippen LogP contribution in [0.4, 0.5) is 5.13 Å². The zero-order chi connectivity index (χ0) is 11.1. The third kappa shape index (κ3) is 1.69. The predicted octanol–water partition coefficient (Wildman–Crippen LogP) is 2.91. The summed E-state index contributed by atoms with van der Waals surface area (Å²) in [6, 6.07) is 10.8. The summed E-state index contributed by atoms with van der Waals surface area (Å²) in [5, 5.41) is 0.686. The molecule has 3 aromatic rings. The van der Waals surface area contributed by atoms with Gasteiger partial charge in [-0.05, 0) is 0 Å². The molecule has 0 saturated carbocycles. The van der Waals surface area contributed by atoms with Crippen LogP contribution in [-0.2, 0) is 0 Å². The molecular weight excluding hydrogens is 283 g/mol. The first-order valence-electron chi connectivity index (χ1n) is 4.95. The van der Waals surface area contributed by atoms with Crippen LogP contribution in [0.3, 0.4) is 0 Å². The molecule has 2 N–H and O–H groups in total. The zero-order valence-corrected chi connectivity index (χ0v) is 11.3. The second-order valence-electron chi connectivity index (χ2n) is 3.70. The Balaban J connectivity index is 2.11. The van der Waals surface area contributed by atoms with Crippen LogP contribution in [0.5, 0.6) is 0 Å². The number of nitrogens with zero attached hydrogens (tertiary/aromatic N) is 1. The van der Waals surface area contributed by atoms with Gasteiger partial charge in [0.05, 0.1) is 0 Å². The van der Waals surface area contributed by atoms with Gasteiger partial charge in [-0.15, -0.1) is 0 Å². The van der Waals surface area contributed by atoms with Gasteiger partial charge in [0.2, 0.25) is 0 Å². The average molecular weight is 293 g/mol. The Morgan fingerprint density at radius 1 is 1.25 bits per heavy atom. The number of fused-ring (bicyclic) bond motifs is 1. The molecule has 0 bridgehead atoms. The van der Waals surface area contributed by atoms with Crippen LogP contribution < -0.4 is 5.73 Å². The monoisotopic (exact) mass is 294 g/mol. The summed E-state index contributed by atoms with van der Waals surface area (Å²) in [6.45, 7) is 2.11. The van der Waals surface area contributed by atoms with E-state index in [9.17, 15) is 0 Å². The molecule has 0 aliphatic rings. The normalized spacial score (nSPS) is 11.1. The van der Waals surface area contributed by atoms with Gasteiger partial charge in [0.25, 0.3) is 0 Å². The minimum absolute atomic E-state index is 0.375. The van der Waals surface area contributed by atoms with Crippen LogP contribution in [0.2, 0.25) is 0 Å². The van der Waals surface area contributed by atoms with E-state index in [4.69, 9.17) is 5.73 Å². The van der Waals surface area contributed by atoms with Gasteiger partial charge in [0.1, 0.15) is 0 Å². The van der Waals surface area contributed by atoms with Crippen molar-refractivity contribution in [1.29, 1.82) is 0 Å². The van der Waals surface area contributed by atoms with E-state index in [0.29, 0.717) is 19.6 Å². The van der Waals surface area contributed by atoms with E-state index in [1.165, 1.54) is 19.1 Å².